The Balaban J connectivity index is 1.35. The first-order chi connectivity index (χ1) is 20.1. The number of nitrogens with one attached hydrogen (secondary N) is 1. The second-order valence-corrected chi connectivity index (χ2v) is 12.3. The number of carbonyl (C=O) groups is 2. The second kappa shape index (κ2) is 10.9. The third-order valence-corrected chi connectivity index (χ3v) is 9.07. The summed E-state index contributed by atoms with van der Waals surface area (Å²) in [7, 11) is 1.30. The van der Waals surface area contributed by atoms with Crippen LogP contribution in [0.1, 0.15) is 45.2 Å². The number of benzene rings is 3. The molecule has 8 nitrogen and oxygen atoms in total. The van der Waals surface area contributed by atoms with E-state index in [9.17, 15) is 9.59 Å². The molecule has 3 atom stereocenters. The summed E-state index contributed by atoms with van der Waals surface area (Å²) in [5, 5.41) is 5.64. The van der Waals surface area contributed by atoms with Crippen molar-refractivity contribution in [1.29, 1.82) is 0 Å². The molecule has 0 saturated carbocycles. The molecule has 220 valence electrons. The zero-order chi connectivity index (χ0) is 29.8. The smallest absolute Gasteiger partial charge is 0.407 e. The Hall–Kier alpha value is -3.62. The van der Waals surface area contributed by atoms with Gasteiger partial charge in [-0.15, -0.1) is 0 Å². The largest absolute Gasteiger partial charge is 0.488 e. The molecule has 0 aromatic heterocycles. The van der Waals surface area contributed by atoms with Crippen LogP contribution < -0.4 is 10.1 Å². The first-order valence-corrected chi connectivity index (χ1v) is 14.9. The molecule has 2 amide bonds. The van der Waals surface area contributed by atoms with Crippen LogP contribution in [0.2, 0.25) is 5.02 Å². The third-order valence-electron chi connectivity index (χ3n) is 8.84. The van der Waals surface area contributed by atoms with Gasteiger partial charge in [-0.2, -0.15) is 0 Å². The number of hydrogen-bond donors (Lipinski definition) is 1. The predicted octanol–water partition coefficient (Wildman–Crippen LogP) is 6.46. The lowest BCUT2D eigenvalue weighted by molar-refractivity contribution is -0.136. The molecule has 6 rings (SSSR count). The van der Waals surface area contributed by atoms with Gasteiger partial charge in [0.05, 0.1) is 24.4 Å². The molecule has 0 spiro atoms. The molecule has 0 bridgehead atoms. The number of hydrogen-bond acceptors (Lipinski definition) is 6. The fourth-order valence-electron chi connectivity index (χ4n) is 6.63. The SMILES string of the molecule is CCO[C@@H]1CN(C(=O)[C@@H](NC(=O)OC)C(C)C)[C@](C)(C2=Nc3ccc4cc5c(cc4c3C2)OCc2cc(Cl)ccc2-5)C1. The molecule has 3 aromatic carbocycles. The van der Waals surface area contributed by atoms with Gasteiger partial charge in [-0.1, -0.05) is 37.6 Å². The Morgan fingerprint density at radius 1 is 1.19 bits per heavy atom. The molecule has 42 heavy (non-hydrogen) atoms. The minimum Gasteiger partial charge on any atom is -0.488 e. The van der Waals surface area contributed by atoms with E-state index in [0.29, 0.717) is 37.6 Å². The number of aliphatic imine (C=N–C) groups is 1. The van der Waals surface area contributed by atoms with Crippen molar-refractivity contribution in [2.24, 2.45) is 10.9 Å². The molecule has 1 N–H and O–H groups in total. The maximum Gasteiger partial charge on any atom is 0.407 e. The van der Waals surface area contributed by atoms with E-state index in [-0.39, 0.29) is 17.9 Å². The van der Waals surface area contributed by atoms with E-state index in [1.807, 2.05) is 37.8 Å². The lowest BCUT2D eigenvalue weighted by atomic mass is 9.86. The van der Waals surface area contributed by atoms with Gasteiger partial charge >= 0.3 is 6.09 Å². The summed E-state index contributed by atoms with van der Waals surface area (Å²) in [6.45, 7) is 9.30. The number of alkyl carbamates (subject to hydrolysis) is 1. The van der Waals surface area contributed by atoms with Crippen molar-refractivity contribution in [3.8, 4) is 16.9 Å². The first-order valence-electron chi connectivity index (χ1n) is 14.5. The van der Waals surface area contributed by atoms with E-state index >= 15 is 0 Å². The second-order valence-electron chi connectivity index (χ2n) is 11.8. The van der Waals surface area contributed by atoms with Crippen LogP contribution in [-0.4, -0.2) is 60.6 Å². The van der Waals surface area contributed by atoms with Gasteiger partial charge in [0.1, 0.15) is 18.4 Å². The highest BCUT2D eigenvalue weighted by atomic mass is 35.5. The summed E-state index contributed by atoms with van der Waals surface area (Å²) in [4.78, 5) is 33.1. The molecular formula is C33H36ClN3O5. The first kappa shape index (κ1) is 28.5. The van der Waals surface area contributed by atoms with E-state index < -0.39 is 17.7 Å². The summed E-state index contributed by atoms with van der Waals surface area (Å²) < 4.78 is 17.0. The van der Waals surface area contributed by atoms with Crippen molar-refractivity contribution in [3.63, 3.8) is 0 Å². The highest BCUT2D eigenvalue weighted by Crippen LogP contribution is 2.46. The zero-order valence-electron chi connectivity index (χ0n) is 24.6. The number of carbonyl (C=O) groups excluding carboxylic acids is 2. The van der Waals surface area contributed by atoms with Crippen molar-refractivity contribution in [2.45, 2.75) is 64.8 Å². The maximum atomic E-state index is 14.0. The number of methoxy groups -OCH3 is 1. The summed E-state index contributed by atoms with van der Waals surface area (Å²) in [5.41, 5.74) is 5.52. The predicted molar refractivity (Wildman–Crippen MR) is 164 cm³/mol. The Bertz CT molecular complexity index is 1620. The highest BCUT2D eigenvalue weighted by Gasteiger charge is 2.51. The fourth-order valence-corrected chi connectivity index (χ4v) is 6.83. The summed E-state index contributed by atoms with van der Waals surface area (Å²) in [6.07, 6.45) is 0.468. The van der Waals surface area contributed by atoms with Gasteiger partial charge in [-0.25, -0.2) is 4.79 Å². The van der Waals surface area contributed by atoms with Crippen molar-refractivity contribution < 1.29 is 23.8 Å². The van der Waals surface area contributed by atoms with Crippen molar-refractivity contribution >= 4 is 45.8 Å². The molecule has 0 unspecified atom stereocenters. The van der Waals surface area contributed by atoms with Gasteiger partial charge in [0.2, 0.25) is 5.91 Å². The van der Waals surface area contributed by atoms with Crippen LogP contribution >= 0.6 is 11.6 Å². The molecule has 3 aromatic rings. The van der Waals surface area contributed by atoms with Crippen LogP contribution in [0.25, 0.3) is 21.9 Å². The number of likely N-dealkylation sites (tertiary alicyclic amines) is 1. The Morgan fingerprint density at radius 2 is 2.00 bits per heavy atom. The van der Waals surface area contributed by atoms with Gasteiger partial charge in [-0.05, 0) is 77.6 Å². The van der Waals surface area contributed by atoms with Gasteiger partial charge < -0.3 is 24.4 Å². The summed E-state index contributed by atoms with van der Waals surface area (Å²) in [5.74, 6) is 0.545. The molecule has 3 aliphatic rings. The maximum absolute atomic E-state index is 14.0. The molecule has 9 heteroatoms. The molecule has 3 heterocycles. The minimum atomic E-state index is -0.733. The minimum absolute atomic E-state index is 0.132. The lowest BCUT2D eigenvalue weighted by Crippen LogP contribution is -2.58. The van der Waals surface area contributed by atoms with Crippen molar-refractivity contribution in [2.75, 3.05) is 20.3 Å². The molecule has 1 saturated heterocycles. The monoisotopic (exact) mass is 589 g/mol. The van der Waals surface area contributed by atoms with Crippen LogP contribution in [0.5, 0.6) is 5.75 Å². The Morgan fingerprint density at radius 3 is 2.74 bits per heavy atom. The zero-order valence-corrected chi connectivity index (χ0v) is 25.4. The van der Waals surface area contributed by atoms with Crippen LogP contribution in [-0.2, 0) is 27.3 Å². The number of nitrogens with zero attached hydrogens (tertiary/aromatic N) is 2. The van der Waals surface area contributed by atoms with Crippen LogP contribution in [0.3, 0.4) is 0 Å². The number of fused-ring (bicyclic) bond motifs is 6. The Kier molecular flexibility index (Phi) is 7.39. The number of amides is 2. The molecule has 1 fully saturated rings. The highest BCUT2D eigenvalue weighted by molar-refractivity contribution is 6.30. The average molecular weight is 590 g/mol. The van der Waals surface area contributed by atoms with Gasteiger partial charge in [0, 0.05) is 42.3 Å². The van der Waals surface area contributed by atoms with Crippen LogP contribution in [0.15, 0.2) is 47.5 Å². The molecule has 0 aliphatic carbocycles. The molecule has 3 aliphatic heterocycles. The van der Waals surface area contributed by atoms with Gasteiger partial charge in [0.25, 0.3) is 0 Å². The van der Waals surface area contributed by atoms with Crippen molar-refractivity contribution in [3.05, 3.63) is 58.6 Å². The van der Waals surface area contributed by atoms with Crippen molar-refractivity contribution in [1.82, 2.24) is 10.2 Å². The number of ether oxygens (including phenoxy) is 3. The molecule has 0 radical (unpaired) electrons. The van der Waals surface area contributed by atoms with E-state index in [4.69, 9.17) is 30.8 Å². The van der Waals surface area contributed by atoms with E-state index in [2.05, 4.69) is 42.6 Å². The lowest BCUT2D eigenvalue weighted by Gasteiger charge is -2.38. The van der Waals surface area contributed by atoms with E-state index in [1.165, 1.54) is 7.11 Å². The van der Waals surface area contributed by atoms with Gasteiger partial charge in [0.15, 0.2) is 0 Å². The Labute approximate surface area is 251 Å². The number of halogens is 1. The van der Waals surface area contributed by atoms with Crippen LogP contribution in [0, 0.1) is 5.92 Å². The molecular weight excluding hydrogens is 554 g/mol. The van der Waals surface area contributed by atoms with E-state index in [1.54, 1.807) is 0 Å². The normalized spacial score (nSPS) is 21.4. The summed E-state index contributed by atoms with van der Waals surface area (Å²) >= 11 is 6.23. The standard InChI is InChI=1S/C33H36ClN3O5/c1-6-41-22-15-33(4,37(16-22)31(38)30(18(2)3)36-32(39)40-5)29-14-25-24-13-28-26(12-19(24)7-10-27(25)35-29)23-9-8-21(34)11-20(23)17-42-28/h7-13,18,22,30H,6,14-17H2,1-5H3,(H,36,39)/t22-,30-,33-/m0/s1. The third kappa shape index (κ3) is 4.80. The topological polar surface area (TPSA) is 89.5 Å². The quantitative estimate of drug-likeness (QED) is 0.356. The van der Waals surface area contributed by atoms with Crippen LogP contribution in [0.4, 0.5) is 10.5 Å². The number of rotatable bonds is 6. The van der Waals surface area contributed by atoms with Gasteiger partial charge in [-0.3, -0.25) is 9.79 Å². The average Bonchev–Trinajstić information content (AvgIpc) is 3.56. The summed E-state index contributed by atoms with van der Waals surface area (Å²) in [6, 6.07) is 13.7. The van der Waals surface area contributed by atoms with E-state index in [0.717, 1.165) is 50.2 Å². The fraction of sp³-hybridized carbons (Fsp3) is 0.424.